The maximum atomic E-state index is 6.34. The summed E-state index contributed by atoms with van der Waals surface area (Å²) in [6.07, 6.45) is 2.85. The van der Waals surface area contributed by atoms with Crippen LogP contribution in [0.3, 0.4) is 0 Å². The highest BCUT2D eigenvalue weighted by atomic mass is 16.5. The summed E-state index contributed by atoms with van der Waals surface area (Å²) < 4.78 is 12.6. The van der Waals surface area contributed by atoms with Gasteiger partial charge in [-0.25, -0.2) is 0 Å². The van der Waals surface area contributed by atoms with Gasteiger partial charge in [-0.3, -0.25) is 4.90 Å². The monoisotopic (exact) mass is 323 g/mol. The number of ether oxygens (including phenoxy) is 2. The van der Waals surface area contributed by atoms with Gasteiger partial charge in [0, 0.05) is 12.6 Å². The van der Waals surface area contributed by atoms with E-state index in [0.717, 1.165) is 6.54 Å². The van der Waals surface area contributed by atoms with Gasteiger partial charge in [-0.2, -0.15) is 0 Å². The van der Waals surface area contributed by atoms with Crippen LogP contribution in [-0.4, -0.2) is 36.2 Å². The van der Waals surface area contributed by atoms with Crippen LogP contribution in [0.1, 0.15) is 24.0 Å². The Morgan fingerprint density at radius 3 is 2.12 bits per heavy atom. The minimum absolute atomic E-state index is 0.166. The van der Waals surface area contributed by atoms with Crippen molar-refractivity contribution in [1.82, 2.24) is 4.90 Å². The van der Waals surface area contributed by atoms with E-state index < -0.39 is 0 Å². The second kappa shape index (κ2) is 7.47. The Kier molecular flexibility index (Phi) is 4.93. The first-order valence-electron chi connectivity index (χ1n) is 8.95. The summed E-state index contributed by atoms with van der Waals surface area (Å²) in [5.74, 6) is 0. The van der Waals surface area contributed by atoms with E-state index in [4.69, 9.17) is 9.47 Å². The summed E-state index contributed by atoms with van der Waals surface area (Å²) in [5.41, 5.74) is 2.46. The Morgan fingerprint density at radius 2 is 1.46 bits per heavy atom. The van der Waals surface area contributed by atoms with Crippen LogP contribution in [0.4, 0.5) is 0 Å². The van der Waals surface area contributed by atoms with Crippen molar-refractivity contribution < 1.29 is 9.47 Å². The van der Waals surface area contributed by atoms with Gasteiger partial charge in [-0.1, -0.05) is 60.7 Å². The fourth-order valence-electron chi connectivity index (χ4n) is 3.94. The van der Waals surface area contributed by atoms with Crippen molar-refractivity contribution in [2.75, 3.05) is 13.1 Å². The molecular weight excluding hydrogens is 298 g/mol. The zero-order valence-corrected chi connectivity index (χ0v) is 14.0. The van der Waals surface area contributed by atoms with E-state index in [1.807, 2.05) is 12.1 Å². The van der Waals surface area contributed by atoms with Gasteiger partial charge < -0.3 is 9.47 Å². The highest BCUT2D eigenvalue weighted by molar-refractivity contribution is 5.15. The number of hydrogen-bond acceptors (Lipinski definition) is 3. The van der Waals surface area contributed by atoms with Crippen molar-refractivity contribution in [1.29, 1.82) is 0 Å². The number of nitrogens with zero attached hydrogens (tertiary/aromatic N) is 1. The van der Waals surface area contributed by atoms with Crippen molar-refractivity contribution in [2.45, 2.75) is 44.3 Å². The van der Waals surface area contributed by atoms with Gasteiger partial charge in [0.05, 0.1) is 19.3 Å². The van der Waals surface area contributed by atoms with Crippen LogP contribution in [0.25, 0.3) is 0 Å². The van der Waals surface area contributed by atoms with E-state index >= 15 is 0 Å². The molecule has 3 heteroatoms. The Balaban J connectivity index is 1.39. The lowest BCUT2D eigenvalue weighted by atomic mass is 10.1. The first-order chi connectivity index (χ1) is 11.9. The zero-order valence-electron chi connectivity index (χ0n) is 14.0. The smallest absolute Gasteiger partial charge is 0.101 e. The van der Waals surface area contributed by atoms with Crippen LogP contribution in [0, 0.1) is 0 Å². The number of fused-ring (bicyclic) bond motifs is 1. The highest BCUT2D eigenvalue weighted by Crippen LogP contribution is 2.32. The molecule has 0 saturated carbocycles. The third-order valence-electron chi connectivity index (χ3n) is 5.17. The molecule has 2 aromatic rings. The molecule has 0 aromatic heterocycles. The molecule has 3 nitrogen and oxygen atoms in total. The quantitative estimate of drug-likeness (QED) is 0.810. The highest BCUT2D eigenvalue weighted by Gasteiger charge is 2.45. The molecule has 0 radical (unpaired) electrons. The van der Waals surface area contributed by atoms with Crippen molar-refractivity contribution >= 4 is 0 Å². The second-order valence-electron chi connectivity index (χ2n) is 6.80. The Labute approximate surface area is 144 Å². The minimum Gasteiger partial charge on any atom is -0.369 e. The third kappa shape index (κ3) is 3.54. The molecule has 0 N–H and O–H groups in total. The lowest BCUT2D eigenvalue weighted by Gasteiger charge is -2.24. The van der Waals surface area contributed by atoms with E-state index in [1.165, 1.54) is 30.5 Å². The average molecular weight is 323 g/mol. The first kappa shape index (κ1) is 15.8. The van der Waals surface area contributed by atoms with Crippen molar-refractivity contribution in [2.24, 2.45) is 0 Å². The van der Waals surface area contributed by atoms with Crippen molar-refractivity contribution in [3.8, 4) is 0 Å². The van der Waals surface area contributed by atoms with Crippen LogP contribution in [-0.2, 0) is 22.7 Å². The topological polar surface area (TPSA) is 21.7 Å². The van der Waals surface area contributed by atoms with Crippen LogP contribution < -0.4 is 0 Å². The van der Waals surface area contributed by atoms with Crippen molar-refractivity contribution in [3.63, 3.8) is 0 Å². The minimum atomic E-state index is 0.166. The van der Waals surface area contributed by atoms with Gasteiger partial charge in [0.15, 0.2) is 0 Å². The Morgan fingerprint density at radius 1 is 0.833 bits per heavy atom. The molecule has 2 fully saturated rings. The number of hydrogen-bond donors (Lipinski definition) is 0. The molecule has 0 spiro atoms. The number of rotatable bonds is 6. The van der Waals surface area contributed by atoms with E-state index in [-0.39, 0.29) is 12.2 Å². The maximum absolute atomic E-state index is 6.34. The molecule has 2 heterocycles. The molecule has 2 saturated heterocycles. The van der Waals surface area contributed by atoms with E-state index in [1.54, 1.807) is 0 Å². The van der Waals surface area contributed by atoms with Gasteiger partial charge >= 0.3 is 0 Å². The third-order valence-corrected chi connectivity index (χ3v) is 5.17. The molecule has 4 rings (SSSR count). The van der Waals surface area contributed by atoms with Gasteiger partial charge in [0.2, 0.25) is 0 Å². The van der Waals surface area contributed by atoms with E-state index in [2.05, 4.69) is 53.4 Å². The molecule has 2 aromatic carbocycles. The summed E-state index contributed by atoms with van der Waals surface area (Å²) in [4.78, 5) is 2.55. The predicted octanol–water partition coefficient (Wildman–Crippen LogP) is 3.64. The maximum Gasteiger partial charge on any atom is 0.101 e. The lowest BCUT2D eigenvalue weighted by molar-refractivity contribution is -0.0704. The normalized spacial score (nSPS) is 26.6. The van der Waals surface area contributed by atoms with E-state index in [0.29, 0.717) is 19.3 Å². The average Bonchev–Trinajstić information content (AvgIpc) is 3.21. The van der Waals surface area contributed by atoms with Crippen LogP contribution in [0.2, 0.25) is 0 Å². The fraction of sp³-hybridized carbons (Fsp3) is 0.429. The first-order valence-corrected chi connectivity index (χ1v) is 8.95. The molecule has 3 atom stereocenters. The zero-order chi connectivity index (χ0) is 16.2. The lowest BCUT2D eigenvalue weighted by Crippen LogP contribution is -2.35. The second-order valence-corrected chi connectivity index (χ2v) is 6.80. The molecule has 2 aliphatic rings. The van der Waals surface area contributed by atoms with E-state index in [9.17, 15) is 0 Å². The van der Waals surface area contributed by atoms with Gasteiger partial charge in [0.25, 0.3) is 0 Å². The Hall–Kier alpha value is -1.68. The van der Waals surface area contributed by atoms with Crippen LogP contribution in [0.5, 0.6) is 0 Å². The Bertz CT molecular complexity index is 631. The molecule has 126 valence electrons. The van der Waals surface area contributed by atoms with Gasteiger partial charge in [-0.05, 0) is 30.5 Å². The van der Waals surface area contributed by atoms with Gasteiger partial charge in [-0.15, -0.1) is 0 Å². The van der Waals surface area contributed by atoms with Crippen molar-refractivity contribution in [3.05, 3.63) is 71.8 Å². The molecule has 0 bridgehead atoms. The largest absolute Gasteiger partial charge is 0.369 e. The molecule has 24 heavy (non-hydrogen) atoms. The molecule has 2 aliphatic heterocycles. The summed E-state index contributed by atoms with van der Waals surface area (Å²) in [7, 11) is 0. The van der Waals surface area contributed by atoms with Gasteiger partial charge in [0.1, 0.15) is 6.10 Å². The standard InChI is InChI=1S/C21H25NO2/c1-3-8-17(9-4-1)15-23-20-14-22-13-7-12-19(22)21(20)24-16-18-10-5-2-6-11-18/h1-6,8-11,19-21H,7,12-16H2/t19-,20-,21-/m0/s1. The number of benzene rings is 2. The molecule has 0 unspecified atom stereocenters. The predicted molar refractivity (Wildman–Crippen MR) is 94.6 cm³/mol. The summed E-state index contributed by atoms with van der Waals surface area (Å²) in [6.45, 7) is 3.51. The molecular formula is C21H25NO2. The SMILES string of the molecule is c1ccc(CO[C@@H]2[C@@H](OCc3ccccc3)CN3CCC[C@@H]23)cc1. The van der Waals surface area contributed by atoms with Crippen LogP contribution >= 0.6 is 0 Å². The fourth-order valence-corrected chi connectivity index (χ4v) is 3.94. The summed E-state index contributed by atoms with van der Waals surface area (Å²) >= 11 is 0. The summed E-state index contributed by atoms with van der Waals surface area (Å²) in [5, 5.41) is 0. The molecule has 0 amide bonds. The summed E-state index contributed by atoms with van der Waals surface area (Å²) in [6, 6.07) is 21.4. The van der Waals surface area contributed by atoms with Crippen LogP contribution in [0.15, 0.2) is 60.7 Å². The molecule has 0 aliphatic carbocycles.